The summed E-state index contributed by atoms with van der Waals surface area (Å²) in [4.78, 5) is 26.6. The first kappa shape index (κ1) is 29.2. The molecule has 208 valence electrons. The molecule has 0 aromatic heterocycles. The van der Waals surface area contributed by atoms with Crippen LogP contribution in [0.4, 0.5) is 18.0 Å². The summed E-state index contributed by atoms with van der Waals surface area (Å²) in [6.07, 6.45) is -4.46. The van der Waals surface area contributed by atoms with Gasteiger partial charge in [0, 0.05) is 24.7 Å². The fourth-order valence-corrected chi connectivity index (χ4v) is 7.04. The molecular formula is C25H36F3N3O5S. The Labute approximate surface area is 216 Å². The minimum absolute atomic E-state index is 0.0131. The quantitative estimate of drug-likeness (QED) is 0.568. The van der Waals surface area contributed by atoms with Gasteiger partial charge >= 0.3 is 12.3 Å². The predicted octanol–water partition coefficient (Wildman–Crippen LogP) is 4.41. The monoisotopic (exact) mass is 547 g/mol. The van der Waals surface area contributed by atoms with Gasteiger partial charge < -0.3 is 10.4 Å². The van der Waals surface area contributed by atoms with E-state index >= 15 is 0 Å². The molecule has 0 radical (unpaired) electrons. The van der Waals surface area contributed by atoms with E-state index in [4.69, 9.17) is 0 Å². The first-order valence-corrected chi connectivity index (χ1v) is 13.7. The normalized spacial score (nSPS) is 24.0. The maximum atomic E-state index is 13.5. The zero-order valence-corrected chi connectivity index (χ0v) is 22.8. The molecule has 1 aliphatic carbocycles. The van der Waals surface area contributed by atoms with Gasteiger partial charge in [-0.15, -0.1) is 0 Å². The second-order valence-electron chi connectivity index (χ2n) is 12.1. The van der Waals surface area contributed by atoms with E-state index in [1.54, 1.807) is 41.5 Å². The van der Waals surface area contributed by atoms with Crippen LogP contribution in [-0.2, 0) is 21.0 Å². The molecule has 0 unspecified atom stereocenters. The highest BCUT2D eigenvalue weighted by Crippen LogP contribution is 2.41. The van der Waals surface area contributed by atoms with Crippen molar-refractivity contribution < 1.29 is 36.3 Å². The SMILES string of the molecule is CC(C)(C)[C@@H](C(=O)N[C@@H]1CC[C@H]2CN(S(=O)(=O)c3ccc(C(F)(F)F)cc3)C[C@H]21)N(C(=O)O)C(C)(C)C. The molecule has 1 heterocycles. The van der Waals surface area contributed by atoms with Gasteiger partial charge in [0.1, 0.15) is 6.04 Å². The second kappa shape index (κ2) is 9.76. The Bertz CT molecular complexity index is 1120. The van der Waals surface area contributed by atoms with E-state index in [9.17, 15) is 36.3 Å². The van der Waals surface area contributed by atoms with Gasteiger partial charge in [0.05, 0.1) is 10.5 Å². The van der Waals surface area contributed by atoms with E-state index in [2.05, 4.69) is 5.32 Å². The summed E-state index contributed by atoms with van der Waals surface area (Å²) in [5.41, 5.74) is -2.47. The Morgan fingerprint density at radius 2 is 1.59 bits per heavy atom. The summed E-state index contributed by atoms with van der Waals surface area (Å²) in [5, 5.41) is 12.9. The van der Waals surface area contributed by atoms with Crippen LogP contribution in [0.2, 0.25) is 0 Å². The van der Waals surface area contributed by atoms with E-state index in [0.717, 1.165) is 29.2 Å². The van der Waals surface area contributed by atoms with Gasteiger partial charge in [-0.1, -0.05) is 20.8 Å². The lowest BCUT2D eigenvalue weighted by molar-refractivity contribution is -0.137. The molecule has 0 bridgehead atoms. The van der Waals surface area contributed by atoms with Crippen LogP contribution in [0.1, 0.15) is 59.9 Å². The molecule has 1 saturated heterocycles. The molecule has 1 aliphatic heterocycles. The molecule has 3 rings (SSSR count). The summed E-state index contributed by atoms with van der Waals surface area (Å²) < 4.78 is 66.2. The minimum atomic E-state index is -4.56. The lowest BCUT2D eigenvalue weighted by Crippen LogP contribution is -2.62. The molecular weight excluding hydrogens is 511 g/mol. The van der Waals surface area contributed by atoms with Crippen LogP contribution in [0.25, 0.3) is 0 Å². The molecule has 0 spiro atoms. The van der Waals surface area contributed by atoms with Gasteiger partial charge in [0.25, 0.3) is 0 Å². The fourth-order valence-electron chi connectivity index (χ4n) is 5.51. The highest BCUT2D eigenvalue weighted by Gasteiger charge is 2.49. The van der Waals surface area contributed by atoms with Crippen LogP contribution < -0.4 is 5.32 Å². The van der Waals surface area contributed by atoms with Gasteiger partial charge in [-0.05, 0) is 75.1 Å². The number of carbonyl (C=O) groups excluding carboxylic acids is 1. The first-order valence-electron chi connectivity index (χ1n) is 12.2. The Morgan fingerprint density at radius 1 is 1.03 bits per heavy atom. The molecule has 2 fully saturated rings. The number of fused-ring (bicyclic) bond motifs is 1. The number of benzene rings is 1. The Kier molecular flexibility index (Phi) is 7.71. The van der Waals surface area contributed by atoms with Crippen molar-refractivity contribution in [2.24, 2.45) is 17.3 Å². The topological polar surface area (TPSA) is 107 Å². The standard InChI is InChI=1S/C25H36F3N3O5S/c1-23(2,3)20(31(22(33)34)24(4,5)6)21(32)29-19-12-7-15-13-30(14-18(15)19)37(35,36)17-10-8-16(9-11-17)25(26,27)28/h8-11,15,18-20H,7,12-14H2,1-6H3,(H,29,32)(H,33,34)/t15-,18+,19+,20+/m0/s1. The number of nitrogens with zero attached hydrogens (tertiary/aromatic N) is 2. The molecule has 2 N–H and O–H groups in total. The van der Waals surface area contributed by atoms with E-state index in [1.807, 2.05) is 0 Å². The number of alkyl halides is 3. The maximum absolute atomic E-state index is 13.5. The van der Waals surface area contributed by atoms with Crippen molar-refractivity contribution in [3.05, 3.63) is 29.8 Å². The summed E-state index contributed by atoms with van der Waals surface area (Å²) in [7, 11) is -4.01. The minimum Gasteiger partial charge on any atom is -0.465 e. The average Bonchev–Trinajstić information content (AvgIpc) is 3.31. The van der Waals surface area contributed by atoms with Crippen LogP contribution >= 0.6 is 0 Å². The highest BCUT2D eigenvalue weighted by atomic mass is 32.2. The summed E-state index contributed by atoms with van der Waals surface area (Å²) >= 11 is 0. The molecule has 12 heteroatoms. The van der Waals surface area contributed by atoms with Crippen molar-refractivity contribution >= 4 is 22.0 Å². The van der Waals surface area contributed by atoms with E-state index < -0.39 is 50.8 Å². The van der Waals surface area contributed by atoms with Crippen molar-refractivity contribution in [3.8, 4) is 0 Å². The van der Waals surface area contributed by atoms with E-state index in [1.165, 1.54) is 4.31 Å². The molecule has 1 aromatic carbocycles. The van der Waals surface area contributed by atoms with Crippen molar-refractivity contribution in [1.29, 1.82) is 0 Å². The summed E-state index contributed by atoms with van der Waals surface area (Å²) in [5.74, 6) is -0.623. The van der Waals surface area contributed by atoms with Crippen molar-refractivity contribution in [3.63, 3.8) is 0 Å². The summed E-state index contributed by atoms with van der Waals surface area (Å²) in [6.45, 7) is 10.9. The third-order valence-corrected chi connectivity index (χ3v) is 9.07. The average molecular weight is 548 g/mol. The smallest absolute Gasteiger partial charge is 0.416 e. The molecule has 37 heavy (non-hydrogen) atoms. The lowest BCUT2D eigenvalue weighted by Gasteiger charge is -2.44. The maximum Gasteiger partial charge on any atom is 0.416 e. The van der Waals surface area contributed by atoms with Gasteiger partial charge in [-0.2, -0.15) is 17.5 Å². The van der Waals surface area contributed by atoms with Gasteiger partial charge in [0.15, 0.2) is 0 Å². The molecule has 8 nitrogen and oxygen atoms in total. The third-order valence-electron chi connectivity index (χ3n) is 7.23. The number of amides is 2. The molecule has 2 amide bonds. The van der Waals surface area contributed by atoms with E-state index in [-0.39, 0.29) is 35.9 Å². The molecule has 1 aromatic rings. The number of sulfonamides is 1. The van der Waals surface area contributed by atoms with E-state index in [0.29, 0.717) is 12.8 Å². The van der Waals surface area contributed by atoms with Crippen LogP contribution in [0.5, 0.6) is 0 Å². The third kappa shape index (κ3) is 6.05. The number of rotatable bonds is 5. The Morgan fingerprint density at radius 3 is 2.05 bits per heavy atom. The molecule has 4 atom stereocenters. The number of carbonyl (C=O) groups is 2. The highest BCUT2D eigenvalue weighted by molar-refractivity contribution is 7.89. The largest absolute Gasteiger partial charge is 0.465 e. The zero-order valence-electron chi connectivity index (χ0n) is 22.0. The van der Waals surface area contributed by atoms with Crippen LogP contribution in [-0.4, -0.2) is 65.4 Å². The van der Waals surface area contributed by atoms with Crippen LogP contribution in [0, 0.1) is 17.3 Å². The fraction of sp³-hybridized carbons (Fsp3) is 0.680. The van der Waals surface area contributed by atoms with Gasteiger partial charge in [-0.3, -0.25) is 9.69 Å². The number of hydrogen-bond donors (Lipinski definition) is 2. The molecule has 1 saturated carbocycles. The van der Waals surface area contributed by atoms with Gasteiger partial charge in [0.2, 0.25) is 15.9 Å². The van der Waals surface area contributed by atoms with Crippen LogP contribution in [0.15, 0.2) is 29.2 Å². The molecule has 2 aliphatic rings. The number of halogens is 3. The first-order chi connectivity index (χ1) is 16.7. The predicted molar refractivity (Wildman–Crippen MR) is 131 cm³/mol. The number of nitrogens with one attached hydrogen (secondary N) is 1. The number of hydrogen-bond acceptors (Lipinski definition) is 4. The Hall–Kier alpha value is -2.34. The zero-order chi connectivity index (χ0) is 28.1. The van der Waals surface area contributed by atoms with Crippen LogP contribution in [0.3, 0.4) is 0 Å². The second-order valence-corrected chi connectivity index (χ2v) is 14.0. The van der Waals surface area contributed by atoms with Crippen molar-refractivity contribution in [2.45, 2.75) is 83.1 Å². The van der Waals surface area contributed by atoms with Gasteiger partial charge in [-0.25, -0.2) is 13.2 Å². The van der Waals surface area contributed by atoms with Crippen molar-refractivity contribution in [1.82, 2.24) is 14.5 Å². The summed E-state index contributed by atoms with van der Waals surface area (Å²) in [6, 6.07) is 2.12. The lowest BCUT2D eigenvalue weighted by atomic mass is 9.82. The van der Waals surface area contributed by atoms with Crippen molar-refractivity contribution in [2.75, 3.05) is 13.1 Å². The number of carboxylic acid groups (broad SMARTS) is 1. The Balaban J connectivity index is 1.78.